The first-order chi connectivity index (χ1) is 22.5. The van der Waals surface area contributed by atoms with Gasteiger partial charge in [-0.2, -0.15) is 0 Å². The number of pyridine rings is 1. The van der Waals surface area contributed by atoms with Crippen LogP contribution in [0.3, 0.4) is 0 Å². The highest BCUT2D eigenvalue weighted by Crippen LogP contribution is 2.40. The number of urea groups is 1. The molecular formula is C36H44N6O5. The molecule has 47 heavy (non-hydrogen) atoms. The number of carbonyl (C=O) groups is 2. The highest BCUT2D eigenvalue weighted by Gasteiger charge is 2.27. The predicted octanol–water partition coefficient (Wildman–Crippen LogP) is 7.81. The van der Waals surface area contributed by atoms with Gasteiger partial charge in [-0.3, -0.25) is 20.1 Å². The van der Waals surface area contributed by atoms with Crippen molar-refractivity contribution >= 4 is 40.0 Å². The van der Waals surface area contributed by atoms with Gasteiger partial charge in [-0.1, -0.05) is 45.0 Å². The molecule has 11 heteroatoms. The summed E-state index contributed by atoms with van der Waals surface area (Å²) < 4.78 is 16.8. The minimum Gasteiger partial charge on any atom is -0.492 e. The number of likely N-dealkylation sites (tertiary alicyclic amines) is 1. The lowest BCUT2D eigenvalue weighted by molar-refractivity contribution is 0.0990. The van der Waals surface area contributed by atoms with Crippen LogP contribution in [0.1, 0.15) is 51.0 Å². The topological polar surface area (TPSA) is 117 Å². The number of nitrogens with zero attached hydrogens (tertiary/aromatic N) is 3. The van der Waals surface area contributed by atoms with Crippen LogP contribution >= 0.6 is 0 Å². The molecule has 1 atom stereocenters. The van der Waals surface area contributed by atoms with Gasteiger partial charge in [-0.25, -0.2) is 9.59 Å². The number of hydrogen-bond donors (Lipinski definition) is 3. The number of amides is 3. The molecule has 1 saturated heterocycles. The fraction of sp³-hybridized carbons (Fsp3) is 0.361. The average molecular weight is 641 g/mol. The van der Waals surface area contributed by atoms with E-state index in [0.29, 0.717) is 34.3 Å². The third-order valence-electron chi connectivity index (χ3n) is 8.18. The van der Waals surface area contributed by atoms with Crippen molar-refractivity contribution in [3.63, 3.8) is 0 Å². The molecule has 0 bridgehead atoms. The highest BCUT2D eigenvalue weighted by atomic mass is 16.5. The molecule has 1 aliphatic heterocycles. The van der Waals surface area contributed by atoms with E-state index < -0.39 is 12.1 Å². The third-order valence-corrected chi connectivity index (χ3v) is 8.18. The Balaban J connectivity index is 1.40. The first-order valence-electron chi connectivity index (χ1n) is 15.7. The van der Waals surface area contributed by atoms with Crippen LogP contribution in [0.15, 0.2) is 66.9 Å². The molecule has 0 spiro atoms. The fourth-order valence-electron chi connectivity index (χ4n) is 5.90. The van der Waals surface area contributed by atoms with Crippen molar-refractivity contribution in [1.29, 1.82) is 0 Å². The van der Waals surface area contributed by atoms with Crippen LogP contribution in [0, 0.1) is 0 Å². The quantitative estimate of drug-likeness (QED) is 0.170. The molecule has 3 N–H and O–H groups in total. The number of anilines is 3. The monoisotopic (exact) mass is 640 g/mol. The van der Waals surface area contributed by atoms with Gasteiger partial charge in [0.2, 0.25) is 0 Å². The third kappa shape index (κ3) is 7.75. The molecule has 5 rings (SSSR count). The number of aromatic nitrogens is 1. The average Bonchev–Trinajstić information content (AvgIpc) is 3.56. The number of benzene rings is 3. The van der Waals surface area contributed by atoms with Gasteiger partial charge >= 0.3 is 12.1 Å². The minimum absolute atomic E-state index is 0.0675. The molecule has 1 aliphatic rings. The van der Waals surface area contributed by atoms with E-state index in [1.54, 1.807) is 6.20 Å². The molecule has 248 valence electrons. The first kappa shape index (κ1) is 33.5. The Labute approximate surface area is 276 Å². The van der Waals surface area contributed by atoms with Gasteiger partial charge in [0.25, 0.3) is 0 Å². The Kier molecular flexibility index (Phi) is 10.2. The van der Waals surface area contributed by atoms with Crippen molar-refractivity contribution in [2.45, 2.75) is 45.2 Å². The molecule has 11 nitrogen and oxygen atoms in total. The second kappa shape index (κ2) is 14.3. The SMILES string of the molecule is COC(=O)Nc1cc(C(C)(C)C)cc(NC(=O)Nc2ccc(Oc3ccnc(C(N(C)C)N4CCCC4)c3)c3ccccc23)c1OC. The van der Waals surface area contributed by atoms with Gasteiger partial charge in [0.05, 0.1) is 37.0 Å². The Morgan fingerprint density at radius 2 is 1.53 bits per heavy atom. The van der Waals surface area contributed by atoms with Crippen LogP contribution in [0.25, 0.3) is 10.8 Å². The lowest BCUT2D eigenvalue weighted by atomic mass is 9.86. The summed E-state index contributed by atoms with van der Waals surface area (Å²) >= 11 is 0. The van der Waals surface area contributed by atoms with Crippen LogP contribution in [-0.4, -0.2) is 68.3 Å². The standard InChI is InChI=1S/C36H44N6O5/c1-36(2,3)23-20-28(32(45-6)29(21-23)40-35(44)46-7)39-34(43)38-27-14-15-31(26-13-9-8-12-25(26)27)47-24-16-17-37-30(22-24)33(41(4)5)42-18-10-11-19-42/h8-9,12-17,20-22,33H,10-11,18-19H2,1-7H3,(H,40,44)(H2,38,39,43). The zero-order valence-corrected chi connectivity index (χ0v) is 28.1. The highest BCUT2D eigenvalue weighted by molar-refractivity contribution is 6.08. The number of fused-ring (bicyclic) bond motifs is 1. The van der Waals surface area contributed by atoms with Crippen molar-refractivity contribution < 1.29 is 23.8 Å². The maximum atomic E-state index is 13.4. The van der Waals surface area contributed by atoms with Gasteiger partial charge in [-0.15, -0.1) is 0 Å². The second-order valence-corrected chi connectivity index (χ2v) is 12.8. The second-order valence-electron chi connectivity index (χ2n) is 12.8. The van der Waals surface area contributed by atoms with E-state index in [4.69, 9.17) is 19.2 Å². The molecule has 1 unspecified atom stereocenters. The molecule has 4 aromatic rings. The lowest BCUT2D eigenvalue weighted by Gasteiger charge is -2.32. The molecule has 3 aromatic carbocycles. The fourth-order valence-corrected chi connectivity index (χ4v) is 5.90. The van der Waals surface area contributed by atoms with Gasteiger partial charge in [0, 0.05) is 36.1 Å². The summed E-state index contributed by atoms with van der Waals surface area (Å²) in [5.41, 5.74) is 2.90. The normalized spacial score (nSPS) is 14.1. The maximum absolute atomic E-state index is 13.4. The summed E-state index contributed by atoms with van der Waals surface area (Å²) in [4.78, 5) is 34.8. The maximum Gasteiger partial charge on any atom is 0.411 e. The minimum atomic E-state index is -0.648. The summed E-state index contributed by atoms with van der Waals surface area (Å²) in [5.74, 6) is 1.64. The van der Waals surface area contributed by atoms with Crippen molar-refractivity contribution in [2.24, 2.45) is 0 Å². The Hall–Kier alpha value is -4.87. The number of ether oxygens (including phenoxy) is 3. The van der Waals surface area contributed by atoms with E-state index in [1.807, 2.05) is 81.4 Å². The molecule has 0 saturated carbocycles. The van der Waals surface area contributed by atoms with Gasteiger partial charge < -0.3 is 24.8 Å². The van der Waals surface area contributed by atoms with Crippen LogP contribution in [0.4, 0.5) is 26.7 Å². The van der Waals surface area contributed by atoms with Crippen molar-refractivity contribution in [3.8, 4) is 17.2 Å². The Bertz CT molecular complexity index is 1750. The van der Waals surface area contributed by atoms with Crippen LogP contribution in [-0.2, 0) is 10.2 Å². The van der Waals surface area contributed by atoms with E-state index in [-0.39, 0.29) is 11.6 Å². The summed E-state index contributed by atoms with van der Waals surface area (Å²) in [7, 11) is 6.90. The molecule has 3 amide bonds. The van der Waals surface area contributed by atoms with Crippen molar-refractivity contribution in [2.75, 3.05) is 57.4 Å². The number of hydrogen-bond acceptors (Lipinski definition) is 8. The smallest absolute Gasteiger partial charge is 0.411 e. The van der Waals surface area contributed by atoms with Crippen LogP contribution in [0.2, 0.25) is 0 Å². The molecule has 0 aliphatic carbocycles. The van der Waals surface area contributed by atoms with Gasteiger partial charge in [0.1, 0.15) is 17.7 Å². The molecule has 1 fully saturated rings. The molecule has 0 radical (unpaired) electrons. The largest absolute Gasteiger partial charge is 0.492 e. The zero-order chi connectivity index (χ0) is 33.7. The van der Waals surface area contributed by atoms with Crippen molar-refractivity contribution in [3.05, 3.63) is 78.1 Å². The van der Waals surface area contributed by atoms with E-state index in [9.17, 15) is 9.59 Å². The van der Waals surface area contributed by atoms with E-state index in [1.165, 1.54) is 27.1 Å². The molecule has 2 heterocycles. The predicted molar refractivity (Wildman–Crippen MR) is 186 cm³/mol. The lowest BCUT2D eigenvalue weighted by Crippen LogP contribution is -2.36. The van der Waals surface area contributed by atoms with Crippen molar-refractivity contribution in [1.82, 2.24) is 14.8 Å². The number of rotatable bonds is 9. The first-order valence-corrected chi connectivity index (χ1v) is 15.7. The van der Waals surface area contributed by atoms with E-state index in [0.717, 1.165) is 35.1 Å². The summed E-state index contributed by atoms with van der Waals surface area (Å²) in [6.45, 7) is 8.21. The van der Waals surface area contributed by atoms with Crippen LogP contribution < -0.4 is 25.4 Å². The van der Waals surface area contributed by atoms with E-state index >= 15 is 0 Å². The number of nitrogens with one attached hydrogen (secondary N) is 3. The van der Waals surface area contributed by atoms with E-state index in [2.05, 4.69) is 39.8 Å². The Morgan fingerprint density at radius 3 is 2.17 bits per heavy atom. The molecule has 1 aromatic heterocycles. The van der Waals surface area contributed by atoms with Gasteiger partial charge in [0.15, 0.2) is 5.75 Å². The Morgan fingerprint density at radius 1 is 0.872 bits per heavy atom. The summed E-state index contributed by atoms with van der Waals surface area (Å²) in [6.07, 6.45) is 3.59. The summed E-state index contributed by atoms with van der Waals surface area (Å²) in [5, 5.41) is 10.2. The summed E-state index contributed by atoms with van der Waals surface area (Å²) in [6, 6.07) is 18.4. The number of methoxy groups -OCH3 is 2. The van der Waals surface area contributed by atoms with Gasteiger partial charge in [-0.05, 0) is 68.2 Å². The zero-order valence-electron chi connectivity index (χ0n) is 28.1. The van der Waals surface area contributed by atoms with Crippen LogP contribution in [0.5, 0.6) is 17.2 Å². The molecular weight excluding hydrogens is 596 g/mol. The number of carbonyl (C=O) groups excluding carboxylic acids is 2.